The fourth-order valence-corrected chi connectivity index (χ4v) is 1.39. The minimum absolute atomic E-state index is 0.0592. The van der Waals surface area contributed by atoms with Gasteiger partial charge in [0.2, 0.25) is 0 Å². The maximum Gasteiger partial charge on any atom is 0.122 e. The van der Waals surface area contributed by atoms with Crippen molar-refractivity contribution >= 4 is 15.9 Å². The van der Waals surface area contributed by atoms with Crippen molar-refractivity contribution in [1.82, 2.24) is 0 Å². The molecule has 0 aliphatic rings. The Hall–Kier alpha value is -0.800. The summed E-state index contributed by atoms with van der Waals surface area (Å²) in [5.41, 5.74) is 8.01. The average molecular weight is 270 g/mol. The van der Waals surface area contributed by atoms with Crippen molar-refractivity contribution in [1.29, 1.82) is 0 Å². The minimum Gasteiger partial charge on any atom is -0.488 e. The Morgan fingerprint density at radius 1 is 1.60 bits per heavy atom. The van der Waals surface area contributed by atoms with E-state index in [9.17, 15) is 0 Å². The molecule has 0 aliphatic carbocycles. The van der Waals surface area contributed by atoms with E-state index in [-0.39, 0.29) is 6.04 Å². The molecule has 2 N–H and O–H groups in total. The van der Waals surface area contributed by atoms with Crippen LogP contribution in [0.15, 0.2) is 29.3 Å². The van der Waals surface area contributed by atoms with Crippen LogP contribution in [0.25, 0.3) is 0 Å². The Labute approximate surface area is 99.3 Å². The molecule has 1 atom stereocenters. The molecule has 0 saturated carbocycles. The van der Waals surface area contributed by atoms with Gasteiger partial charge in [-0.15, -0.1) is 0 Å². The topological polar surface area (TPSA) is 35.2 Å². The normalized spacial score (nSPS) is 12.3. The van der Waals surface area contributed by atoms with E-state index in [1.165, 1.54) is 0 Å². The summed E-state index contributed by atoms with van der Waals surface area (Å²) in [4.78, 5) is 0. The van der Waals surface area contributed by atoms with Gasteiger partial charge >= 0.3 is 0 Å². The summed E-state index contributed by atoms with van der Waals surface area (Å²) in [5, 5.41) is 0. The largest absolute Gasteiger partial charge is 0.488 e. The molecule has 2 nitrogen and oxygen atoms in total. The van der Waals surface area contributed by atoms with Crippen molar-refractivity contribution in [3.05, 3.63) is 40.4 Å². The summed E-state index contributed by atoms with van der Waals surface area (Å²) in [6.45, 7) is 8.18. The molecule has 0 fully saturated rings. The standard InChI is InChI=1S/C12H16BrNO/c1-8-6-11(10(3)14)4-5-12(8)15-7-9(2)13/h4-6,10H,2,7,14H2,1,3H3/t10-/m0/s1. The predicted molar refractivity (Wildman–Crippen MR) is 67.3 cm³/mol. The molecule has 0 spiro atoms. The number of halogens is 1. The number of hydrogen-bond donors (Lipinski definition) is 1. The van der Waals surface area contributed by atoms with Crippen molar-refractivity contribution in [2.75, 3.05) is 6.61 Å². The molecule has 0 bridgehead atoms. The molecular formula is C12H16BrNO. The second-order valence-corrected chi connectivity index (χ2v) is 4.74. The van der Waals surface area contributed by atoms with E-state index in [1.807, 2.05) is 26.0 Å². The van der Waals surface area contributed by atoms with E-state index in [2.05, 4.69) is 28.6 Å². The van der Waals surface area contributed by atoms with Crippen LogP contribution in [0.2, 0.25) is 0 Å². The summed E-state index contributed by atoms with van der Waals surface area (Å²) in [6.07, 6.45) is 0. The number of ether oxygens (including phenoxy) is 1. The molecule has 0 aromatic heterocycles. The summed E-state index contributed by atoms with van der Waals surface area (Å²) < 4.78 is 6.38. The minimum atomic E-state index is 0.0592. The fourth-order valence-electron chi connectivity index (χ4n) is 1.27. The quantitative estimate of drug-likeness (QED) is 0.911. The van der Waals surface area contributed by atoms with Crippen LogP contribution in [0.5, 0.6) is 5.75 Å². The number of hydrogen-bond acceptors (Lipinski definition) is 2. The monoisotopic (exact) mass is 269 g/mol. The van der Waals surface area contributed by atoms with Gasteiger partial charge in [0.15, 0.2) is 0 Å². The third kappa shape index (κ3) is 3.68. The molecule has 0 radical (unpaired) electrons. The summed E-state index contributed by atoms with van der Waals surface area (Å²) in [6, 6.07) is 6.05. The zero-order chi connectivity index (χ0) is 11.4. The maximum absolute atomic E-state index is 5.79. The van der Waals surface area contributed by atoms with Crippen molar-refractivity contribution in [3.8, 4) is 5.75 Å². The predicted octanol–water partition coefficient (Wildman–Crippen LogP) is 3.30. The first-order valence-electron chi connectivity index (χ1n) is 4.83. The van der Waals surface area contributed by atoms with Gasteiger partial charge in [0.05, 0.1) is 0 Å². The van der Waals surface area contributed by atoms with E-state index in [1.54, 1.807) is 0 Å². The van der Waals surface area contributed by atoms with Crippen LogP contribution in [0.4, 0.5) is 0 Å². The van der Waals surface area contributed by atoms with Gasteiger partial charge in [-0.3, -0.25) is 0 Å². The lowest BCUT2D eigenvalue weighted by Crippen LogP contribution is -2.05. The van der Waals surface area contributed by atoms with Crippen LogP contribution in [0.1, 0.15) is 24.1 Å². The Morgan fingerprint density at radius 2 is 2.27 bits per heavy atom. The highest BCUT2D eigenvalue weighted by Crippen LogP contribution is 2.22. The van der Waals surface area contributed by atoms with E-state index in [0.717, 1.165) is 21.4 Å². The molecule has 0 unspecified atom stereocenters. The van der Waals surface area contributed by atoms with Crippen LogP contribution in [-0.4, -0.2) is 6.61 Å². The lowest BCUT2D eigenvalue weighted by atomic mass is 10.1. The molecule has 82 valence electrons. The van der Waals surface area contributed by atoms with E-state index >= 15 is 0 Å². The van der Waals surface area contributed by atoms with E-state index < -0.39 is 0 Å². The molecular weight excluding hydrogens is 254 g/mol. The highest BCUT2D eigenvalue weighted by Gasteiger charge is 2.04. The van der Waals surface area contributed by atoms with Gasteiger partial charge in [-0.2, -0.15) is 0 Å². The average Bonchev–Trinajstić information content (AvgIpc) is 2.15. The molecule has 1 aromatic carbocycles. The fraction of sp³-hybridized carbons (Fsp3) is 0.333. The summed E-state index contributed by atoms with van der Waals surface area (Å²) >= 11 is 3.25. The van der Waals surface area contributed by atoms with Gasteiger partial charge < -0.3 is 10.5 Å². The Balaban J connectivity index is 2.79. The van der Waals surface area contributed by atoms with Crippen LogP contribution in [0.3, 0.4) is 0 Å². The van der Waals surface area contributed by atoms with Gasteiger partial charge in [-0.1, -0.05) is 34.6 Å². The maximum atomic E-state index is 5.79. The zero-order valence-corrected chi connectivity index (χ0v) is 10.7. The molecule has 0 saturated heterocycles. The van der Waals surface area contributed by atoms with E-state index in [4.69, 9.17) is 10.5 Å². The van der Waals surface area contributed by atoms with Gasteiger partial charge in [0.1, 0.15) is 12.4 Å². The first-order valence-corrected chi connectivity index (χ1v) is 5.62. The zero-order valence-electron chi connectivity index (χ0n) is 9.09. The smallest absolute Gasteiger partial charge is 0.122 e. The molecule has 1 rings (SSSR count). The first kappa shape index (κ1) is 12.3. The van der Waals surface area contributed by atoms with Crippen molar-refractivity contribution in [2.45, 2.75) is 19.9 Å². The molecule has 15 heavy (non-hydrogen) atoms. The van der Waals surface area contributed by atoms with Gasteiger partial charge in [0, 0.05) is 10.5 Å². The second-order valence-electron chi connectivity index (χ2n) is 3.62. The number of rotatable bonds is 4. The van der Waals surface area contributed by atoms with Gasteiger partial charge in [-0.25, -0.2) is 0 Å². The summed E-state index contributed by atoms with van der Waals surface area (Å²) in [7, 11) is 0. The molecule has 0 heterocycles. The highest BCUT2D eigenvalue weighted by molar-refractivity contribution is 9.11. The Kier molecular flexibility index (Phi) is 4.36. The second kappa shape index (κ2) is 5.33. The Bertz CT molecular complexity index is 361. The molecule has 1 aromatic rings. The molecule has 3 heteroatoms. The SMILES string of the molecule is C=C(Br)COc1ccc([C@H](C)N)cc1C. The highest BCUT2D eigenvalue weighted by atomic mass is 79.9. The molecule has 0 aliphatic heterocycles. The Morgan fingerprint density at radius 3 is 2.73 bits per heavy atom. The van der Waals surface area contributed by atoms with Crippen molar-refractivity contribution in [3.63, 3.8) is 0 Å². The van der Waals surface area contributed by atoms with Crippen molar-refractivity contribution < 1.29 is 4.74 Å². The number of nitrogens with two attached hydrogens (primary N) is 1. The van der Waals surface area contributed by atoms with Gasteiger partial charge in [0.25, 0.3) is 0 Å². The van der Waals surface area contributed by atoms with E-state index in [0.29, 0.717) is 6.61 Å². The van der Waals surface area contributed by atoms with Crippen LogP contribution < -0.4 is 10.5 Å². The number of benzene rings is 1. The van der Waals surface area contributed by atoms with Crippen LogP contribution in [-0.2, 0) is 0 Å². The summed E-state index contributed by atoms with van der Waals surface area (Å²) in [5.74, 6) is 0.875. The van der Waals surface area contributed by atoms with Gasteiger partial charge in [-0.05, 0) is 31.0 Å². The van der Waals surface area contributed by atoms with Crippen molar-refractivity contribution in [2.24, 2.45) is 5.73 Å². The molecule has 0 amide bonds. The van der Waals surface area contributed by atoms with Crippen LogP contribution >= 0.6 is 15.9 Å². The third-order valence-corrected chi connectivity index (χ3v) is 2.34. The number of aryl methyl sites for hydroxylation is 1. The lowest BCUT2D eigenvalue weighted by Gasteiger charge is -2.11. The van der Waals surface area contributed by atoms with Crippen LogP contribution in [0, 0.1) is 6.92 Å². The first-order chi connectivity index (χ1) is 7.00. The third-order valence-electron chi connectivity index (χ3n) is 2.11. The lowest BCUT2D eigenvalue weighted by molar-refractivity contribution is 0.358.